The van der Waals surface area contributed by atoms with E-state index in [9.17, 15) is 8.42 Å². The molecule has 0 saturated carbocycles. The van der Waals surface area contributed by atoms with Crippen molar-refractivity contribution >= 4 is 15.7 Å². The zero-order valence-corrected chi connectivity index (χ0v) is 16.9. The zero-order chi connectivity index (χ0) is 21.0. The Labute approximate surface area is 173 Å². The van der Waals surface area contributed by atoms with Gasteiger partial charge in [-0.25, -0.2) is 13.1 Å². The number of hydrogen-bond donors (Lipinski definition) is 1. The molecule has 4 aromatic rings. The first-order valence-corrected chi connectivity index (χ1v) is 10.6. The molecule has 0 amide bonds. The number of benzene rings is 2. The summed E-state index contributed by atoms with van der Waals surface area (Å²) >= 11 is 0. The van der Waals surface area contributed by atoms with Gasteiger partial charge in [-0.15, -0.1) is 15.3 Å². The van der Waals surface area contributed by atoms with E-state index < -0.39 is 10.0 Å². The Kier molecular flexibility index (Phi) is 5.59. The molecule has 0 spiro atoms. The largest absolute Gasteiger partial charge is 0.497 e. The number of nitrogens with zero attached hydrogens (tertiary/aromatic N) is 4. The number of nitrogens with one attached hydrogen (secondary N) is 1. The van der Waals surface area contributed by atoms with Gasteiger partial charge in [-0.2, -0.15) is 4.52 Å². The molecule has 0 aliphatic carbocycles. The lowest BCUT2D eigenvalue weighted by atomic mass is 10.2. The summed E-state index contributed by atoms with van der Waals surface area (Å²) in [6, 6.07) is 19.1. The Morgan fingerprint density at radius 1 is 0.967 bits per heavy atom. The van der Waals surface area contributed by atoms with Crippen LogP contribution in [-0.2, 0) is 10.0 Å². The number of hydrogen-bond acceptors (Lipinski definition) is 7. The third-order valence-electron chi connectivity index (χ3n) is 4.28. The van der Waals surface area contributed by atoms with Crippen molar-refractivity contribution in [1.29, 1.82) is 0 Å². The summed E-state index contributed by atoms with van der Waals surface area (Å²) in [7, 11) is -2.12. The van der Waals surface area contributed by atoms with Crippen LogP contribution >= 0.6 is 0 Å². The van der Waals surface area contributed by atoms with Crippen LogP contribution in [0.2, 0.25) is 0 Å². The molecule has 154 valence electrons. The van der Waals surface area contributed by atoms with Crippen molar-refractivity contribution in [2.45, 2.75) is 4.90 Å². The van der Waals surface area contributed by atoms with Crippen LogP contribution in [0.5, 0.6) is 11.6 Å². The molecule has 0 radical (unpaired) electrons. The van der Waals surface area contributed by atoms with E-state index in [2.05, 4.69) is 20.0 Å². The van der Waals surface area contributed by atoms with Gasteiger partial charge >= 0.3 is 0 Å². The second-order valence-electron chi connectivity index (χ2n) is 6.25. The Morgan fingerprint density at radius 3 is 2.47 bits per heavy atom. The number of fused-ring (bicyclic) bond motifs is 1. The van der Waals surface area contributed by atoms with Crippen LogP contribution < -0.4 is 14.2 Å². The van der Waals surface area contributed by atoms with Crippen molar-refractivity contribution in [3.05, 3.63) is 66.7 Å². The highest BCUT2D eigenvalue weighted by Crippen LogP contribution is 2.18. The zero-order valence-electron chi connectivity index (χ0n) is 16.1. The van der Waals surface area contributed by atoms with Crippen molar-refractivity contribution in [3.63, 3.8) is 0 Å². The molecule has 0 atom stereocenters. The Morgan fingerprint density at radius 2 is 1.73 bits per heavy atom. The van der Waals surface area contributed by atoms with Crippen LogP contribution in [0.15, 0.2) is 71.6 Å². The van der Waals surface area contributed by atoms with Gasteiger partial charge in [-0.1, -0.05) is 30.3 Å². The first kappa shape index (κ1) is 19.8. The van der Waals surface area contributed by atoms with E-state index >= 15 is 0 Å². The molecule has 0 aliphatic heterocycles. The van der Waals surface area contributed by atoms with Crippen molar-refractivity contribution in [2.75, 3.05) is 20.3 Å². The minimum Gasteiger partial charge on any atom is -0.497 e. The van der Waals surface area contributed by atoms with Gasteiger partial charge in [0.05, 0.1) is 12.0 Å². The molecule has 30 heavy (non-hydrogen) atoms. The lowest BCUT2D eigenvalue weighted by Crippen LogP contribution is -2.28. The molecule has 0 unspecified atom stereocenters. The molecule has 1 N–H and O–H groups in total. The average Bonchev–Trinajstić information content (AvgIpc) is 3.21. The van der Waals surface area contributed by atoms with Crippen molar-refractivity contribution in [2.24, 2.45) is 0 Å². The van der Waals surface area contributed by atoms with Gasteiger partial charge in [0.25, 0.3) is 0 Å². The molecule has 0 bridgehead atoms. The minimum absolute atomic E-state index is 0.0851. The van der Waals surface area contributed by atoms with E-state index in [1.165, 1.54) is 19.2 Å². The first-order chi connectivity index (χ1) is 14.6. The molecule has 10 heteroatoms. The van der Waals surface area contributed by atoms with Crippen molar-refractivity contribution < 1.29 is 17.9 Å². The monoisotopic (exact) mass is 425 g/mol. The van der Waals surface area contributed by atoms with E-state index in [1.54, 1.807) is 28.8 Å². The van der Waals surface area contributed by atoms with Gasteiger partial charge in [0.1, 0.15) is 12.4 Å². The predicted octanol–water partition coefficient (Wildman–Crippen LogP) is 2.16. The third kappa shape index (κ3) is 4.24. The van der Waals surface area contributed by atoms with Gasteiger partial charge in [0.15, 0.2) is 11.5 Å². The predicted molar refractivity (Wildman–Crippen MR) is 110 cm³/mol. The number of sulfonamides is 1. The van der Waals surface area contributed by atoms with Crippen molar-refractivity contribution in [3.8, 4) is 23.0 Å². The van der Waals surface area contributed by atoms with E-state index in [0.29, 0.717) is 23.1 Å². The minimum atomic E-state index is -3.64. The van der Waals surface area contributed by atoms with Crippen LogP contribution in [-0.4, -0.2) is 48.5 Å². The quantitative estimate of drug-likeness (QED) is 0.431. The normalized spacial score (nSPS) is 11.5. The van der Waals surface area contributed by atoms with Crippen LogP contribution in [0.3, 0.4) is 0 Å². The van der Waals surface area contributed by atoms with E-state index in [0.717, 1.165) is 5.56 Å². The fraction of sp³-hybridized carbons (Fsp3) is 0.150. The van der Waals surface area contributed by atoms with E-state index in [1.807, 2.05) is 30.3 Å². The molecular weight excluding hydrogens is 406 g/mol. The summed E-state index contributed by atoms with van der Waals surface area (Å²) in [4.78, 5) is 0.153. The van der Waals surface area contributed by atoms with Gasteiger partial charge < -0.3 is 9.47 Å². The SMILES string of the molecule is COc1ccc(S(=O)(=O)NCCOc2ccc3nnc(-c4ccccc4)n3n2)cc1. The summed E-state index contributed by atoms with van der Waals surface area (Å²) < 4.78 is 39.4. The molecule has 2 aromatic heterocycles. The van der Waals surface area contributed by atoms with Crippen LogP contribution in [0.4, 0.5) is 0 Å². The lowest BCUT2D eigenvalue weighted by molar-refractivity contribution is 0.306. The molecule has 4 rings (SSSR count). The van der Waals surface area contributed by atoms with E-state index in [-0.39, 0.29) is 18.0 Å². The van der Waals surface area contributed by atoms with E-state index in [4.69, 9.17) is 9.47 Å². The molecular formula is C20H19N5O4S. The Bertz CT molecular complexity index is 1240. The molecule has 0 fully saturated rings. The highest BCUT2D eigenvalue weighted by Gasteiger charge is 2.14. The van der Waals surface area contributed by atoms with Gasteiger partial charge in [-0.05, 0) is 30.3 Å². The van der Waals surface area contributed by atoms with Crippen LogP contribution in [0.25, 0.3) is 17.0 Å². The van der Waals surface area contributed by atoms with Gasteiger partial charge in [-0.3, -0.25) is 0 Å². The smallest absolute Gasteiger partial charge is 0.240 e. The second kappa shape index (κ2) is 8.47. The standard InChI is InChI=1S/C20H19N5O4S/c1-28-16-7-9-17(10-8-16)30(26,27)21-13-14-29-19-12-11-18-22-23-20(25(18)24-19)15-5-3-2-4-6-15/h2-12,21H,13-14H2,1H3. The Balaban J connectivity index is 1.40. The highest BCUT2D eigenvalue weighted by molar-refractivity contribution is 7.89. The first-order valence-electron chi connectivity index (χ1n) is 9.11. The van der Waals surface area contributed by atoms with Gasteiger partial charge in [0, 0.05) is 18.2 Å². The summed E-state index contributed by atoms with van der Waals surface area (Å²) in [5.74, 6) is 1.52. The number of ether oxygens (including phenoxy) is 2. The second-order valence-corrected chi connectivity index (χ2v) is 8.02. The van der Waals surface area contributed by atoms with Crippen molar-refractivity contribution in [1.82, 2.24) is 24.5 Å². The number of methoxy groups -OCH3 is 1. The lowest BCUT2D eigenvalue weighted by Gasteiger charge is -2.09. The number of aromatic nitrogens is 4. The molecule has 2 heterocycles. The summed E-state index contributed by atoms with van der Waals surface area (Å²) in [5, 5.41) is 12.7. The summed E-state index contributed by atoms with van der Waals surface area (Å²) in [6.45, 7) is 0.193. The molecule has 0 aliphatic rings. The maximum absolute atomic E-state index is 12.3. The summed E-state index contributed by atoms with van der Waals surface area (Å²) in [5.41, 5.74) is 1.46. The van der Waals surface area contributed by atoms with Crippen LogP contribution in [0.1, 0.15) is 0 Å². The average molecular weight is 425 g/mol. The summed E-state index contributed by atoms with van der Waals surface area (Å²) in [6.07, 6.45) is 0. The fourth-order valence-electron chi connectivity index (χ4n) is 2.79. The number of rotatable bonds is 8. The molecule has 0 saturated heterocycles. The fourth-order valence-corrected chi connectivity index (χ4v) is 3.80. The third-order valence-corrected chi connectivity index (χ3v) is 5.76. The maximum Gasteiger partial charge on any atom is 0.240 e. The van der Waals surface area contributed by atoms with Gasteiger partial charge in [0.2, 0.25) is 15.9 Å². The Hall–Kier alpha value is -3.50. The highest BCUT2D eigenvalue weighted by atomic mass is 32.2. The molecule has 2 aromatic carbocycles. The topological polar surface area (TPSA) is 108 Å². The maximum atomic E-state index is 12.3. The molecule has 9 nitrogen and oxygen atoms in total. The van der Waals surface area contributed by atoms with Crippen LogP contribution in [0, 0.1) is 0 Å².